The standard InChI is InChI=1S/C31H39F3N8O/c1-4-35-28-17-26-25(18-36-28)29(22-7-5-21(6-8-22)20-41-15-13-39(2)14-16-41)38-42(26)23-9-11-24(12-10-23)43-27-19-37-40(3)30(27)31(32,33)34/h5-8,17-19,23-24H,4,9-16,20H2,1-3H3,(H,35,36)/t23-,24+. The Morgan fingerprint density at radius 2 is 1.70 bits per heavy atom. The third-order valence-corrected chi connectivity index (χ3v) is 8.64. The Balaban J connectivity index is 1.21. The molecular weight excluding hydrogens is 557 g/mol. The van der Waals surface area contributed by atoms with E-state index >= 15 is 0 Å². The Hall–Kier alpha value is -3.64. The summed E-state index contributed by atoms with van der Waals surface area (Å²) >= 11 is 0. The van der Waals surface area contributed by atoms with Gasteiger partial charge in [-0.2, -0.15) is 23.4 Å². The first-order valence-electron chi connectivity index (χ1n) is 15.1. The summed E-state index contributed by atoms with van der Waals surface area (Å²) in [5, 5.41) is 13.2. The highest BCUT2D eigenvalue weighted by molar-refractivity contribution is 5.94. The van der Waals surface area contributed by atoms with Crippen LogP contribution in [0, 0.1) is 0 Å². The van der Waals surface area contributed by atoms with E-state index in [1.807, 2.05) is 19.2 Å². The predicted molar refractivity (Wildman–Crippen MR) is 160 cm³/mol. The third kappa shape index (κ3) is 6.35. The number of likely N-dealkylation sites (N-methyl/N-ethyl adjacent to an activating group) is 1. The molecule has 12 heteroatoms. The largest absolute Gasteiger partial charge is 0.486 e. The molecule has 1 aromatic carbocycles. The Bertz CT molecular complexity index is 1530. The van der Waals surface area contributed by atoms with Crippen molar-refractivity contribution in [3.05, 3.63) is 54.0 Å². The molecule has 2 fully saturated rings. The number of alkyl halides is 3. The van der Waals surface area contributed by atoms with E-state index in [1.165, 1.54) is 12.6 Å². The molecule has 0 unspecified atom stereocenters. The maximum absolute atomic E-state index is 13.5. The number of rotatable bonds is 8. The van der Waals surface area contributed by atoms with E-state index in [0.717, 1.165) is 91.0 Å². The molecule has 1 N–H and O–H groups in total. The summed E-state index contributed by atoms with van der Waals surface area (Å²) in [4.78, 5) is 9.49. The molecule has 3 aromatic heterocycles. The lowest BCUT2D eigenvalue weighted by Gasteiger charge is -2.32. The van der Waals surface area contributed by atoms with Gasteiger partial charge in [-0.05, 0) is 45.2 Å². The highest BCUT2D eigenvalue weighted by Gasteiger charge is 2.39. The molecule has 1 saturated heterocycles. The average molecular weight is 597 g/mol. The summed E-state index contributed by atoms with van der Waals surface area (Å²) < 4.78 is 49.4. The first kappa shape index (κ1) is 29.4. The minimum atomic E-state index is -4.52. The van der Waals surface area contributed by atoms with Gasteiger partial charge in [0.25, 0.3) is 0 Å². The number of halogens is 3. The molecule has 4 aromatic rings. The number of pyridine rings is 1. The molecule has 4 heterocycles. The minimum absolute atomic E-state index is 0.0977. The molecule has 9 nitrogen and oxygen atoms in total. The zero-order valence-corrected chi connectivity index (χ0v) is 24.9. The molecule has 1 aliphatic heterocycles. The monoisotopic (exact) mass is 596 g/mol. The maximum atomic E-state index is 13.5. The molecular formula is C31H39F3N8O. The zero-order valence-electron chi connectivity index (χ0n) is 24.9. The van der Waals surface area contributed by atoms with Crippen molar-refractivity contribution in [3.8, 4) is 17.0 Å². The van der Waals surface area contributed by atoms with Crippen molar-refractivity contribution in [2.24, 2.45) is 7.05 Å². The smallest absolute Gasteiger partial charge is 0.436 e. The van der Waals surface area contributed by atoms with Crippen molar-refractivity contribution in [2.75, 3.05) is 45.1 Å². The summed E-state index contributed by atoms with van der Waals surface area (Å²) in [6.45, 7) is 8.06. The van der Waals surface area contributed by atoms with Crippen LogP contribution in [0.2, 0.25) is 0 Å². The zero-order chi connectivity index (χ0) is 30.1. The van der Waals surface area contributed by atoms with Crippen LogP contribution in [-0.4, -0.2) is 80.2 Å². The molecule has 1 saturated carbocycles. The second-order valence-corrected chi connectivity index (χ2v) is 11.7. The van der Waals surface area contributed by atoms with E-state index in [0.29, 0.717) is 12.8 Å². The summed E-state index contributed by atoms with van der Waals surface area (Å²) in [6, 6.07) is 10.8. The van der Waals surface area contributed by atoms with Crippen LogP contribution in [0.5, 0.6) is 5.75 Å². The van der Waals surface area contributed by atoms with Crippen LogP contribution >= 0.6 is 0 Å². The lowest BCUT2D eigenvalue weighted by Crippen LogP contribution is -2.43. The van der Waals surface area contributed by atoms with E-state index in [9.17, 15) is 13.2 Å². The third-order valence-electron chi connectivity index (χ3n) is 8.64. The highest BCUT2D eigenvalue weighted by atomic mass is 19.4. The summed E-state index contributed by atoms with van der Waals surface area (Å²) in [7, 11) is 3.45. The number of benzene rings is 1. The second kappa shape index (κ2) is 12.2. The van der Waals surface area contributed by atoms with Gasteiger partial charge in [-0.3, -0.25) is 14.3 Å². The molecule has 0 radical (unpaired) electrons. The van der Waals surface area contributed by atoms with Crippen LogP contribution in [0.15, 0.2) is 42.7 Å². The van der Waals surface area contributed by atoms with Crippen molar-refractivity contribution in [3.63, 3.8) is 0 Å². The molecule has 0 spiro atoms. The number of hydrogen-bond acceptors (Lipinski definition) is 7. The Kier molecular flexibility index (Phi) is 8.32. The van der Waals surface area contributed by atoms with Crippen molar-refractivity contribution in [2.45, 2.75) is 57.5 Å². The Labute approximate surface area is 249 Å². The van der Waals surface area contributed by atoms with E-state index in [2.05, 4.69) is 61.2 Å². The number of nitrogens with one attached hydrogen (secondary N) is 1. The number of ether oxygens (including phenoxy) is 1. The maximum Gasteiger partial charge on any atom is 0.436 e. The van der Waals surface area contributed by atoms with E-state index in [-0.39, 0.29) is 17.9 Å². The van der Waals surface area contributed by atoms with Gasteiger partial charge in [-0.15, -0.1) is 0 Å². The number of aromatic nitrogens is 5. The highest BCUT2D eigenvalue weighted by Crippen LogP contribution is 2.39. The fraction of sp³-hybridized carbons (Fsp3) is 0.516. The second-order valence-electron chi connectivity index (χ2n) is 11.7. The summed E-state index contributed by atoms with van der Waals surface area (Å²) in [5.41, 5.74) is 3.36. The van der Waals surface area contributed by atoms with Gasteiger partial charge in [0.15, 0.2) is 11.4 Å². The van der Waals surface area contributed by atoms with Crippen LogP contribution < -0.4 is 10.1 Å². The van der Waals surface area contributed by atoms with Crippen molar-refractivity contribution in [1.82, 2.24) is 34.3 Å². The Morgan fingerprint density at radius 1 is 0.977 bits per heavy atom. The molecule has 43 heavy (non-hydrogen) atoms. The van der Waals surface area contributed by atoms with Gasteiger partial charge >= 0.3 is 6.18 Å². The number of hydrogen-bond donors (Lipinski definition) is 1. The minimum Gasteiger partial charge on any atom is -0.486 e. The summed E-state index contributed by atoms with van der Waals surface area (Å²) in [5.74, 6) is 0.584. The normalized spacial score (nSPS) is 20.5. The first-order chi connectivity index (χ1) is 20.7. The number of anilines is 1. The van der Waals surface area contributed by atoms with Crippen LogP contribution in [0.25, 0.3) is 22.2 Å². The van der Waals surface area contributed by atoms with Gasteiger partial charge < -0.3 is 15.0 Å². The van der Waals surface area contributed by atoms with Crippen molar-refractivity contribution >= 4 is 16.7 Å². The van der Waals surface area contributed by atoms with Gasteiger partial charge in [0.1, 0.15) is 11.5 Å². The van der Waals surface area contributed by atoms with Gasteiger partial charge in [0, 0.05) is 69.5 Å². The number of aryl methyl sites for hydroxylation is 1. The van der Waals surface area contributed by atoms with E-state index in [4.69, 9.17) is 9.84 Å². The van der Waals surface area contributed by atoms with Crippen LogP contribution in [-0.2, 0) is 19.8 Å². The average Bonchev–Trinajstić information content (AvgIpc) is 3.55. The number of piperazine rings is 1. The summed E-state index contributed by atoms with van der Waals surface area (Å²) in [6.07, 6.45) is 0.947. The predicted octanol–water partition coefficient (Wildman–Crippen LogP) is 5.59. The molecule has 0 bridgehead atoms. The van der Waals surface area contributed by atoms with Gasteiger partial charge in [-0.25, -0.2) is 4.98 Å². The first-order valence-corrected chi connectivity index (χ1v) is 15.1. The lowest BCUT2D eigenvalue weighted by molar-refractivity contribution is -0.145. The SMILES string of the molecule is CCNc1cc2c(cn1)c(-c1ccc(CN3CCN(C)CC3)cc1)nn2[C@H]1CC[C@@H](Oc2cnn(C)c2C(F)(F)F)CC1. The number of fused-ring (bicyclic) bond motifs is 1. The van der Waals surface area contributed by atoms with Crippen LogP contribution in [0.3, 0.4) is 0 Å². The number of nitrogens with zero attached hydrogens (tertiary/aromatic N) is 7. The molecule has 1 aliphatic carbocycles. The van der Waals surface area contributed by atoms with E-state index in [1.54, 1.807) is 0 Å². The molecule has 0 amide bonds. The molecule has 230 valence electrons. The molecule has 0 atom stereocenters. The van der Waals surface area contributed by atoms with Crippen LogP contribution in [0.1, 0.15) is 49.9 Å². The molecule has 2 aliphatic rings. The molecule has 6 rings (SSSR count). The van der Waals surface area contributed by atoms with Gasteiger partial charge in [-0.1, -0.05) is 24.3 Å². The lowest BCUT2D eigenvalue weighted by atomic mass is 9.93. The fourth-order valence-corrected chi connectivity index (χ4v) is 6.25. The topological polar surface area (TPSA) is 76.3 Å². The van der Waals surface area contributed by atoms with E-state index < -0.39 is 11.9 Å². The Morgan fingerprint density at radius 3 is 2.37 bits per heavy atom. The van der Waals surface area contributed by atoms with Crippen molar-refractivity contribution < 1.29 is 17.9 Å². The van der Waals surface area contributed by atoms with Crippen LogP contribution in [0.4, 0.5) is 19.0 Å². The van der Waals surface area contributed by atoms with Gasteiger partial charge in [0.05, 0.1) is 23.9 Å². The quantitative estimate of drug-likeness (QED) is 0.284. The van der Waals surface area contributed by atoms with Crippen molar-refractivity contribution in [1.29, 1.82) is 0 Å². The fourth-order valence-electron chi connectivity index (χ4n) is 6.25. The van der Waals surface area contributed by atoms with Gasteiger partial charge in [0.2, 0.25) is 0 Å².